The fourth-order valence-corrected chi connectivity index (χ4v) is 2.21. The molecule has 0 fully saturated rings. The molecule has 1 aromatic heterocycles. The van der Waals surface area contributed by atoms with Crippen molar-refractivity contribution < 1.29 is 5.11 Å². The lowest BCUT2D eigenvalue weighted by atomic mass is 10.1. The van der Waals surface area contributed by atoms with E-state index < -0.39 is 0 Å². The first kappa shape index (κ1) is 12.7. The number of nitrogens with zero attached hydrogens (tertiary/aromatic N) is 2. The quantitative estimate of drug-likeness (QED) is 0.896. The van der Waals surface area contributed by atoms with Crippen LogP contribution in [-0.4, -0.2) is 14.9 Å². The van der Waals surface area contributed by atoms with Gasteiger partial charge in [0.25, 0.3) is 0 Å². The number of hydrogen-bond donors (Lipinski definition) is 1. The summed E-state index contributed by atoms with van der Waals surface area (Å²) in [5.41, 5.74) is 3.85. The van der Waals surface area contributed by atoms with Crippen LogP contribution in [0.25, 0.3) is 5.69 Å². The van der Waals surface area contributed by atoms with Gasteiger partial charge in [-0.05, 0) is 30.9 Å². The minimum absolute atomic E-state index is 0.234. The molecule has 0 unspecified atom stereocenters. The van der Waals surface area contributed by atoms with E-state index in [1.54, 1.807) is 0 Å². The predicted octanol–water partition coefficient (Wildman–Crippen LogP) is 3.57. The second-order valence-electron chi connectivity index (χ2n) is 4.89. The molecular weight excluding hydrogens is 224 g/mol. The third kappa shape index (κ3) is 2.01. The van der Waals surface area contributed by atoms with Crippen molar-refractivity contribution in [3.63, 3.8) is 0 Å². The van der Waals surface area contributed by atoms with E-state index in [1.165, 1.54) is 0 Å². The standard InChI is InChI=1S/C15H20N2O/c1-5-12-15(18)14(10(2)3)17(16-12)13-9-7-6-8-11(13)4/h6-10,18H,5H2,1-4H3. The molecule has 0 bridgehead atoms. The van der Waals surface area contributed by atoms with E-state index in [2.05, 4.69) is 31.9 Å². The van der Waals surface area contributed by atoms with Gasteiger partial charge in [-0.1, -0.05) is 39.0 Å². The maximum atomic E-state index is 10.2. The van der Waals surface area contributed by atoms with Crippen molar-refractivity contribution in [2.45, 2.75) is 40.0 Å². The summed E-state index contributed by atoms with van der Waals surface area (Å²) in [4.78, 5) is 0. The average Bonchev–Trinajstić information content (AvgIpc) is 2.66. The zero-order valence-corrected chi connectivity index (χ0v) is 11.4. The van der Waals surface area contributed by atoms with Crippen molar-refractivity contribution in [2.75, 3.05) is 0 Å². The second kappa shape index (κ2) is 4.84. The molecule has 0 atom stereocenters. The molecule has 0 saturated carbocycles. The molecule has 96 valence electrons. The van der Waals surface area contributed by atoms with Gasteiger partial charge in [0.1, 0.15) is 5.69 Å². The summed E-state index contributed by atoms with van der Waals surface area (Å²) in [5, 5.41) is 14.8. The van der Waals surface area contributed by atoms with Gasteiger partial charge in [0.15, 0.2) is 5.75 Å². The Morgan fingerprint density at radius 1 is 1.28 bits per heavy atom. The third-order valence-corrected chi connectivity index (χ3v) is 3.19. The third-order valence-electron chi connectivity index (χ3n) is 3.19. The van der Waals surface area contributed by atoms with E-state index in [9.17, 15) is 5.11 Å². The van der Waals surface area contributed by atoms with Crippen LogP contribution >= 0.6 is 0 Å². The Morgan fingerprint density at radius 3 is 2.50 bits per heavy atom. The second-order valence-corrected chi connectivity index (χ2v) is 4.89. The van der Waals surface area contributed by atoms with Crippen LogP contribution in [0.5, 0.6) is 5.75 Å². The zero-order chi connectivity index (χ0) is 13.3. The summed E-state index contributed by atoms with van der Waals surface area (Å²) >= 11 is 0. The van der Waals surface area contributed by atoms with Crippen molar-refractivity contribution in [2.24, 2.45) is 0 Å². The molecule has 2 rings (SSSR count). The Hall–Kier alpha value is -1.77. The Balaban J connectivity index is 2.68. The van der Waals surface area contributed by atoms with Gasteiger partial charge in [0.05, 0.1) is 11.4 Å². The molecule has 0 aliphatic heterocycles. The highest BCUT2D eigenvalue weighted by atomic mass is 16.3. The highest BCUT2D eigenvalue weighted by Gasteiger charge is 2.20. The van der Waals surface area contributed by atoms with Crippen LogP contribution in [-0.2, 0) is 6.42 Å². The van der Waals surface area contributed by atoms with Crippen LogP contribution in [0.15, 0.2) is 24.3 Å². The fourth-order valence-electron chi connectivity index (χ4n) is 2.21. The summed E-state index contributed by atoms with van der Waals surface area (Å²) in [6.07, 6.45) is 0.741. The molecule has 18 heavy (non-hydrogen) atoms. The average molecular weight is 244 g/mol. The fraction of sp³-hybridized carbons (Fsp3) is 0.400. The molecule has 1 aromatic carbocycles. The topological polar surface area (TPSA) is 38.0 Å². The Labute approximate surface area is 108 Å². The molecule has 0 aliphatic carbocycles. The highest BCUT2D eigenvalue weighted by Crippen LogP contribution is 2.32. The van der Waals surface area contributed by atoms with Gasteiger partial charge in [-0.2, -0.15) is 5.10 Å². The number of para-hydroxylation sites is 1. The van der Waals surface area contributed by atoms with E-state index in [4.69, 9.17) is 0 Å². The molecule has 1 N–H and O–H groups in total. The van der Waals surface area contributed by atoms with E-state index in [0.717, 1.165) is 29.1 Å². The van der Waals surface area contributed by atoms with Crippen LogP contribution in [0.1, 0.15) is 43.6 Å². The van der Waals surface area contributed by atoms with Crippen LogP contribution in [0, 0.1) is 6.92 Å². The number of hydrogen-bond acceptors (Lipinski definition) is 2. The Bertz CT molecular complexity index is 556. The number of rotatable bonds is 3. The van der Waals surface area contributed by atoms with E-state index in [0.29, 0.717) is 5.75 Å². The molecule has 0 radical (unpaired) electrons. The van der Waals surface area contributed by atoms with Gasteiger partial charge in [-0.15, -0.1) is 0 Å². The summed E-state index contributed by atoms with van der Waals surface area (Å²) < 4.78 is 1.88. The van der Waals surface area contributed by atoms with Gasteiger partial charge in [0.2, 0.25) is 0 Å². The largest absolute Gasteiger partial charge is 0.504 e. The smallest absolute Gasteiger partial charge is 0.160 e. The van der Waals surface area contributed by atoms with Gasteiger partial charge in [-0.25, -0.2) is 4.68 Å². The number of aromatic hydroxyl groups is 1. The Kier molecular flexibility index (Phi) is 3.41. The first-order chi connectivity index (χ1) is 8.56. The molecule has 1 heterocycles. The van der Waals surface area contributed by atoms with Gasteiger partial charge in [0, 0.05) is 0 Å². The lowest BCUT2D eigenvalue weighted by Gasteiger charge is -2.12. The van der Waals surface area contributed by atoms with Crippen molar-refractivity contribution in [3.05, 3.63) is 41.2 Å². The predicted molar refractivity (Wildman–Crippen MR) is 73.4 cm³/mol. The van der Waals surface area contributed by atoms with Crippen molar-refractivity contribution in [1.29, 1.82) is 0 Å². The lowest BCUT2D eigenvalue weighted by molar-refractivity contribution is 0.457. The number of aromatic nitrogens is 2. The molecule has 3 nitrogen and oxygen atoms in total. The van der Waals surface area contributed by atoms with Crippen LogP contribution < -0.4 is 0 Å². The number of aryl methyl sites for hydroxylation is 2. The van der Waals surface area contributed by atoms with Crippen molar-refractivity contribution in [1.82, 2.24) is 9.78 Å². The van der Waals surface area contributed by atoms with Gasteiger partial charge < -0.3 is 5.11 Å². The minimum Gasteiger partial charge on any atom is -0.504 e. The number of benzene rings is 1. The zero-order valence-electron chi connectivity index (χ0n) is 11.4. The van der Waals surface area contributed by atoms with Gasteiger partial charge in [-0.3, -0.25) is 0 Å². The molecule has 0 aliphatic rings. The maximum absolute atomic E-state index is 10.2. The molecular formula is C15H20N2O. The van der Waals surface area contributed by atoms with E-state index >= 15 is 0 Å². The summed E-state index contributed by atoms with van der Waals surface area (Å²) in [6, 6.07) is 8.10. The molecule has 2 aromatic rings. The lowest BCUT2D eigenvalue weighted by Crippen LogP contribution is -2.05. The minimum atomic E-state index is 0.234. The highest BCUT2D eigenvalue weighted by molar-refractivity contribution is 5.46. The summed E-state index contributed by atoms with van der Waals surface area (Å²) in [7, 11) is 0. The monoisotopic (exact) mass is 244 g/mol. The summed E-state index contributed by atoms with van der Waals surface area (Å²) in [5.74, 6) is 0.577. The molecule has 0 amide bonds. The van der Waals surface area contributed by atoms with Crippen LogP contribution in [0.2, 0.25) is 0 Å². The van der Waals surface area contributed by atoms with E-state index in [1.807, 2.05) is 29.8 Å². The molecule has 0 spiro atoms. The Morgan fingerprint density at radius 2 is 1.94 bits per heavy atom. The molecule has 3 heteroatoms. The van der Waals surface area contributed by atoms with E-state index in [-0.39, 0.29) is 5.92 Å². The maximum Gasteiger partial charge on any atom is 0.160 e. The first-order valence-corrected chi connectivity index (χ1v) is 6.43. The first-order valence-electron chi connectivity index (χ1n) is 6.43. The molecule has 0 saturated heterocycles. The van der Waals surface area contributed by atoms with Crippen LogP contribution in [0.4, 0.5) is 0 Å². The van der Waals surface area contributed by atoms with Crippen molar-refractivity contribution in [3.8, 4) is 11.4 Å². The summed E-state index contributed by atoms with van der Waals surface area (Å²) in [6.45, 7) is 8.22. The SMILES string of the molecule is CCc1nn(-c2ccccc2C)c(C(C)C)c1O. The van der Waals surface area contributed by atoms with Crippen molar-refractivity contribution >= 4 is 0 Å². The van der Waals surface area contributed by atoms with Crippen LogP contribution in [0.3, 0.4) is 0 Å². The normalized spacial score (nSPS) is 11.2. The van der Waals surface area contributed by atoms with Gasteiger partial charge >= 0.3 is 0 Å².